The minimum atomic E-state index is -1.03. The molecule has 0 aliphatic rings. The summed E-state index contributed by atoms with van der Waals surface area (Å²) in [5, 5.41) is 9.20. The summed E-state index contributed by atoms with van der Waals surface area (Å²) in [6.07, 6.45) is 1.54. The molecule has 0 bridgehead atoms. The van der Waals surface area contributed by atoms with Crippen LogP contribution in [-0.2, 0) is 0 Å². The third-order valence-corrected chi connectivity index (χ3v) is 2.70. The first-order valence-corrected chi connectivity index (χ1v) is 5.58. The molecule has 1 N–H and O–H groups in total. The number of rotatable bonds is 4. The van der Waals surface area contributed by atoms with Gasteiger partial charge in [-0.1, -0.05) is 0 Å². The Labute approximate surface area is 110 Å². The highest BCUT2D eigenvalue weighted by Crippen LogP contribution is 2.33. The number of hydrogen-bond donors (Lipinski definition) is 1. The summed E-state index contributed by atoms with van der Waals surface area (Å²) in [4.78, 5) is 15.4. The molecule has 1 aromatic heterocycles. The summed E-state index contributed by atoms with van der Waals surface area (Å²) < 4.78 is 10.4. The van der Waals surface area contributed by atoms with Crippen molar-refractivity contribution in [2.75, 3.05) is 14.2 Å². The summed E-state index contributed by atoms with van der Waals surface area (Å²) in [5.74, 6) is 0.118. The van der Waals surface area contributed by atoms with E-state index in [1.807, 2.05) is 0 Å². The zero-order chi connectivity index (χ0) is 13.8. The van der Waals surface area contributed by atoms with Gasteiger partial charge in [-0.05, 0) is 30.3 Å². The van der Waals surface area contributed by atoms with Crippen molar-refractivity contribution in [3.63, 3.8) is 0 Å². The standard InChI is InChI=1S/C14H13NO4/c1-18-9-5-6-12(19-2)11(8-9)13-10(14(16)17)4-3-7-15-13/h3-8H,1-2H3,(H,16,17). The second-order valence-electron chi connectivity index (χ2n) is 3.77. The molecular weight excluding hydrogens is 246 g/mol. The number of nitrogens with zero attached hydrogens (tertiary/aromatic N) is 1. The maximum atomic E-state index is 11.2. The molecule has 2 rings (SSSR count). The zero-order valence-electron chi connectivity index (χ0n) is 10.6. The van der Waals surface area contributed by atoms with Crippen LogP contribution in [-0.4, -0.2) is 30.3 Å². The normalized spacial score (nSPS) is 10.0. The number of methoxy groups -OCH3 is 2. The van der Waals surface area contributed by atoms with E-state index in [1.54, 1.807) is 37.6 Å². The van der Waals surface area contributed by atoms with Crippen molar-refractivity contribution in [2.45, 2.75) is 0 Å². The van der Waals surface area contributed by atoms with E-state index in [9.17, 15) is 9.90 Å². The van der Waals surface area contributed by atoms with E-state index in [0.717, 1.165) is 0 Å². The Hall–Kier alpha value is -2.56. The molecule has 1 heterocycles. The molecule has 5 heteroatoms. The predicted molar refractivity (Wildman–Crippen MR) is 69.7 cm³/mol. The van der Waals surface area contributed by atoms with Gasteiger partial charge in [0.05, 0.1) is 25.5 Å². The number of carboxylic acids is 1. The van der Waals surface area contributed by atoms with E-state index >= 15 is 0 Å². The predicted octanol–water partition coefficient (Wildman–Crippen LogP) is 2.46. The van der Waals surface area contributed by atoms with Crippen molar-refractivity contribution in [1.82, 2.24) is 4.98 Å². The fraction of sp³-hybridized carbons (Fsp3) is 0.143. The number of aromatic carboxylic acids is 1. The molecule has 0 unspecified atom stereocenters. The van der Waals surface area contributed by atoms with Crippen molar-refractivity contribution in [1.29, 1.82) is 0 Å². The van der Waals surface area contributed by atoms with Crippen LogP contribution >= 0.6 is 0 Å². The van der Waals surface area contributed by atoms with Gasteiger partial charge in [-0.3, -0.25) is 4.98 Å². The number of hydrogen-bond acceptors (Lipinski definition) is 4. The Balaban J connectivity index is 2.66. The Morgan fingerprint density at radius 1 is 1.21 bits per heavy atom. The lowest BCUT2D eigenvalue weighted by molar-refractivity contribution is 0.0697. The van der Waals surface area contributed by atoms with Gasteiger partial charge in [0.1, 0.15) is 11.5 Å². The molecule has 0 spiro atoms. The molecule has 0 aliphatic carbocycles. The Bertz CT molecular complexity index is 610. The van der Waals surface area contributed by atoms with Crippen LogP contribution in [0.25, 0.3) is 11.3 Å². The maximum Gasteiger partial charge on any atom is 0.337 e. The Morgan fingerprint density at radius 3 is 2.63 bits per heavy atom. The molecule has 0 aliphatic heterocycles. The van der Waals surface area contributed by atoms with Gasteiger partial charge >= 0.3 is 5.97 Å². The fourth-order valence-electron chi connectivity index (χ4n) is 1.79. The van der Waals surface area contributed by atoms with Gasteiger partial charge in [0, 0.05) is 11.8 Å². The Kier molecular flexibility index (Phi) is 3.66. The van der Waals surface area contributed by atoms with Crippen LogP contribution in [0.1, 0.15) is 10.4 Å². The van der Waals surface area contributed by atoms with E-state index in [1.165, 1.54) is 13.2 Å². The fourth-order valence-corrected chi connectivity index (χ4v) is 1.79. The largest absolute Gasteiger partial charge is 0.497 e. The molecule has 0 atom stereocenters. The monoisotopic (exact) mass is 259 g/mol. The lowest BCUT2D eigenvalue weighted by atomic mass is 10.0. The van der Waals surface area contributed by atoms with Gasteiger partial charge in [0.2, 0.25) is 0 Å². The average Bonchev–Trinajstić information content (AvgIpc) is 2.46. The zero-order valence-corrected chi connectivity index (χ0v) is 10.6. The molecule has 0 saturated carbocycles. The van der Waals surface area contributed by atoms with Crippen LogP contribution < -0.4 is 9.47 Å². The first-order chi connectivity index (χ1) is 9.17. The van der Waals surface area contributed by atoms with E-state index in [0.29, 0.717) is 22.8 Å². The van der Waals surface area contributed by atoms with E-state index in [4.69, 9.17) is 9.47 Å². The third kappa shape index (κ3) is 2.49. The lowest BCUT2D eigenvalue weighted by Gasteiger charge is -2.11. The van der Waals surface area contributed by atoms with Crippen LogP contribution in [0, 0.1) is 0 Å². The van der Waals surface area contributed by atoms with Gasteiger partial charge in [-0.15, -0.1) is 0 Å². The van der Waals surface area contributed by atoms with E-state index < -0.39 is 5.97 Å². The quantitative estimate of drug-likeness (QED) is 0.913. The number of pyridine rings is 1. The molecule has 0 radical (unpaired) electrons. The molecule has 98 valence electrons. The van der Waals surface area contributed by atoms with Crippen LogP contribution in [0.3, 0.4) is 0 Å². The Morgan fingerprint density at radius 2 is 2.00 bits per heavy atom. The van der Waals surface area contributed by atoms with Gasteiger partial charge in [0.15, 0.2) is 0 Å². The van der Waals surface area contributed by atoms with Crippen LogP contribution in [0.2, 0.25) is 0 Å². The number of benzene rings is 1. The molecule has 0 fully saturated rings. The third-order valence-electron chi connectivity index (χ3n) is 2.70. The van der Waals surface area contributed by atoms with Gasteiger partial charge in [-0.25, -0.2) is 4.79 Å². The highest BCUT2D eigenvalue weighted by molar-refractivity contribution is 5.95. The summed E-state index contributed by atoms with van der Waals surface area (Å²) in [6, 6.07) is 8.25. The molecule has 19 heavy (non-hydrogen) atoms. The molecule has 5 nitrogen and oxygen atoms in total. The van der Waals surface area contributed by atoms with Crippen molar-refractivity contribution >= 4 is 5.97 Å². The molecule has 0 saturated heterocycles. The SMILES string of the molecule is COc1ccc(OC)c(-c2ncccc2C(=O)O)c1. The van der Waals surface area contributed by atoms with Gasteiger partial charge in [0.25, 0.3) is 0 Å². The van der Waals surface area contributed by atoms with Crippen LogP contribution in [0.4, 0.5) is 0 Å². The summed E-state index contributed by atoms with van der Waals surface area (Å²) in [5.41, 5.74) is 1.06. The number of carbonyl (C=O) groups is 1. The van der Waals surface area contributed by atoms with Gasteiger partial charge < -0.3 is 14.6 Å². The summed E-state index contributed by atoms with van der Waals surface area (Å²) in [7, 11) is 3.07. The lowest BCUT2D eigenvalue weighted by Crippen LogP contribution is -2.02. The number of carboxylic acid groups (broad SMARTS) is 1. The topological polar surface area (TPSA) is 68.7 Å². The number of ether oxygens (including phenoxy) is 2. The second-order valence-corrected chi connectivity index (χ2v) is 3.77. The smallest absolute Gasteiger partial charge is 0.337 e. The highest BCUT2D eigenvalue weighted by Gasteiger charge is 2.16. The average molecular weight is 259 g/mol. The minimum Gasteiger partial charge on any atom is -0.497 e. The summed E-state index contributed by atoms with van der Waals surface area (Å²) in [6.45, 7) is 0. The van der Waals surface area contributed by atoms with E-state index in [-0.39, 0.29) is 5.56 Å². The second kappa shape index (κ2) is 5.39. The molecular formula is C14H13NO4. The first-order valence-electron chi connectivity index (χ1n) is 5.58. The van der Waals surface area contributed by atoms with Crippen molar-refractivity contribution in [3.8, 4) is 22.8 Å². The molecule has 0 amide bonds. The maximum absolute atomic E-state index is 11.2. The minimum absolute atomic E-state index is 0.119. The van der Waals surface area contributed by atoms with Crippen molar-refractivity contribution < 1.29 is 19.4 Å². The highest BCUT2D eigenvalue weighted by atomic mass is 16.5. The first kappa shape index (κ1) is 12.9. The molecule has 2 aromatic rings. The molecule has 1 aromatic carbocycles. The number of aromatic nitrogens is 1. The van der Waals surface area contributed by atoms with Gasteiger partial charge in [-0.2, -0.15) is 0 Å². The summed E-state index contributed by atoms with van der Waals surface area (Å²) >= 11 is 0. The van der Waals surface area contributed by atoms with Crippen LogP contribution in [0.5, 0.6) is 11.5 Å². The van der Waals surface area contributed by atoms with Crippen molar-refractivity contribution in [3.05, 3.63) is 42.1 Å². The van der Waals surface area contributed by atoms with E-state index in [2.05, 4.69) is 4.98 Å². The van der Waals surface area contributed by atoms with Crippen molar-refractivity contribution in [2.24, 2.45) is 0 Å². The van der Waals surface area contributed by atoms with Crippen LogP contribution in [0.15, 0.2) is 36.5 Å².